The second-order valence-corrected chi connectivity index (χ2v) is 2.97. The highest BCUT2D eigenvalue weighted by Crippen LogP contribution is 2.27. The number of allylic oxidation sites excluding steroid dienone is 2. The molecule has 1 fully saturated rings. The Hall–Kier alpha value is 0.0300. The van der Waals surface area contributed by atoms with Crippen LogP contribution in [0, 0.1) is 5.92 Å². The molecular weight excluding hydrogens is 132 g/mol. The second kappa shape index (κ2) is 3.94. The molecule has 0 aromatic carbocycles. The fraction of sp³-hybridized carbons (Fsp3) is 0.750. The molecule has 1 aliphatic rings. The van der Waals surface area contributed by atoms with Crippen molar-refractivity contribution in [2.45, 2.75) is 25.7 Å². The van der Waals surface area contributed by atoms with Crippen LogP contribution in [-0.2, 0) is 0 Å². The zero-order valence-corrected chi connectivity index (χ0v) is 6.40. The van der Waals surface area contributed by atoms with Crippen LogP contribution in [0.4, 0.5) is 0 Å². The highest BCUT2D eigenvalue weighted by Gasteiger charge is 2.12. The molecule has 0 bridgehead atoms. The first-order valence-corrected chi connectivity index (χ1v) is 4.19. The van der Waals surface area contributed by atoms with E-state index in [1.54, 1.807) is 0 Å². The molecular formula is C8H13Cl. The van der Waals surface area contributed by atoms with Gasteiger partial charge in [0, 0.05) is 5.88 Å². The van der Waals surface area contributed by atoms with Gasteiger partial charge in [0.05, 0.1) is 0 Å². The van der Waals surface area contributed by atoms with Crippen molar-refractivity contribution in [1.29, 1.82) is 0 Å². The predicted octanol–water partition coefficient (Wildman–Crippen LogP) is 2.97. The summed E-state index contributed by atoms with van der Waals surface area (Å²) in [6.07, 6.45) is 9.79. The molecule has 1 saturated carbocycles. The molecule has 9 heavy (non-hydrogen) atoms. The monoisotopic (exact) mass is 144 g/mol. The van der Waals surface area contributed by atoms with Crippen LogP contribution in [0.1, 0.15) is 25.7 Å². The van der Waals surface area contributed by atoms with Gasteiger partial charge in [-0.05, 0) is 25.2 Å². The third kappa shape index (κ3) is 2.40. The highest BCUT2D eigenvalue weighted by atomic mass is 35.5. The van der Waals surface area contributed by atoms with E-state index in [9.17, 15) is 0 Å². The maximum absolute atomic E-state index is 5.49. The molecule has 0 spiro atoms. The fourth-order valence-electron chi connectivity index (χ4n) is 0.984. The summed E-state index contributed by atoms with van der Waals surface area (Å²) in [5.41, 5.74) is 0. The number of alkyl halides is 1. The van der Waals surface area contributed by atoms with E-state index in [2.05, 4.69) is 12.2 Å². The Balaban J connectivity index is 2.00. The summed E-state index contributed by atoms with van der Waals surface area (Å²) in [4.78, 5) is 0. The lowest BCUT2D eigenvalue weighted by molar-refractivity contribution is 0.387. The van der Waals surface area contributed by atoms with Crippen LogP contribution in [-0.4, -0.2) is 5.88 Å². The van der Waals surface area contributed by atoms with Crippen LogP contribution in [0.2, 0.25) is 0 Å². The van der Waals surface area contributed by atoms with E-state index < -0.39 is 0 Å². The van der Waals surface area contributed by atoms with Crippen LogP contribution in [0.15, 0.2) is 12.2 Å². The summed E-state index contributed by atoms with van der Waals surface area (Å²) in [6, 6.07) is 0. The quantitative estimate of drug-likeness (QED) is 0.422. The fourth-order valence-corrected chi connectivity index (χ4v) is 1.11. The summed E-state index contributed by atoms with van der Waals surface area (Å²) in [5, 5.41) is 0. The molecule has 0 aliphatic heterocycles. The average Bonchev–Trinajstić information content (AvgIpc) is 1.76. The molecule has 0 aromatic rings. The Morgan fingerprint density at radius 3 is 2.67 bits per heavy atom. The molecule has 0 aromatic heterocycles. The van der Waals surface area contributed by atoms with Crippen molar-refractivity contribution in [3.63, 3.8) is 0 Å². The molecule has 0 nitrogen and oxygen atoms in total. The van der Waals surface area contributed by atoms with Gasteiger partial charge < -0.3 is 0 Å². The topological polar surface area (TPSA) is 0 Å². The van der Waals surface area contributed by atoms with E-state index in [1.807, 2.05) is 0 Å². The van der Waals surface area contributed by atoms with Crippen LogP contribution < -0.4 is 0 Å². The van der Waals surface area contributed by atoms with Gasteiger partial charge in [-0.3, -0.25) is 0 Å². The van der Waals surface area contributed by atoms with Crippen molar-refractivity contribution >= 4 is 11.6 Å². The zero-order valence-electron chi connectivity index (χ0n) is 5.65. The summed E-state index contributed by atoms with van der Waals surface area (Å²) in [5.74, 6) is 1.66. The minimum atomic E-state index is 0.767. The Morgan fingerprint density at radius 2 is 2.22 bits per heavy atom. The lowest BCUT2D eigenvalue weighted by Gasteiger charge is -2.21. The van der Waals surface area contributed by atoms with E-state index in [4.69, 9.17) is 11.6 Å². The highest BCUT2D eigenvalue weighted by molar-refractivity contribution is 6.17. The van der Waals surface area contributed by atoms with Crippen molar-refractivity contribution < 1.29 is 0 Å². The van der Waals surface area contributed by atoms with E-state index in [0.717, 1.165) is 18.2 Å². The van der Waals surface area contributed by atoms with Crippen molar-refractivity contribution in [3.05, 3.63) is 12.2 Å². The van der Waals surface area contributed by atoms with Gasteiger partial charge in [-0.25, -0.2) is 0 Å². The summed E-state index contributed by atoms with van der Waals surface area (Å²) in [6.45, 7) is 0. The molecule has 0 atom stereocenters. The standard InChI is InChI=1S/C8H13Cl/c9-7-2-1-4-8-5-3-6-8/h1,4,8H,2-3,5-7H2/b4-1+. The lowest BCUT2D eigenvalue weighted by atomic mass is 9.85. The largest absolute Gasteiger partial charge is 0.126 e. The Bertz CT molecular complexity index is 92.7. The lowest BCUT2D eigenvalue weighted by Crippen LogP contribution is -2.06. The maximum atomic E-state index is 5.49. The van der Waals surface area contributed by atoms with Gasteiger partial charge in [-0.1, -0.05) is 18.6 Å². The Labute approximate surface area is 61.9 Å². The first kappa shape index (κ1) is 7.14. The average molecular weight is 145 g/mol. The van der Waals surface area contributed by atoms with Gasteiger partial charge in [0.25, 0.3) is 0 Å². The molecule has 0 radical (unpaired) electrons. The minimum absolute atomic E-state index is 0.767. The first-order chi connectivity index (χ1) is 4.43. The maximum Gasteiger partial charge on any atom is 0.0258 e. The number of hydrogen-bond donors (Lipinski definition) is 0. The van der Waals surface area contributed by atoms with Crippen LogP contribution in [0.5, 0.6) is 0 Å². The number of hydrogen-bond acceptors (Lipinski definition) is 0. The van der Waals surface area contributed by atoms with Gasteiger partial charge in [0.15, 0.2) is 0 Å². The van der Waals surface area contributed by atoms with E-state index >= 15 is 0 Å². The van der Waals surface area contributed by atoms with Crippen LogP contribution in [0.3, 0.4) is 0 Å². The van der Waals surface area contributed by atoms with E-state index in [0.29, 0.717) is 0 Å². The van der Waals surface area contributed by atoms with Crippen molar-refractivity contribution in [1.82, 2.24) is 0 Å². The molecule has 0 heterocycles. The molecule has 52 valence electrons. The van der Waals surface area contributed by atoms with Gasteiger partial charge in [0.1, 0.15) is 0 Å². The molecule has 1 heteroatoms. The normalized spacial score (nSPS) is 20.6. The first-order valence-electron chi connectivity index (χ1n) is 3.66. The zero-order chi connectivity index (χ0) is 6.53. The SMILES string of the molecule is ClCC/C=C/C1CCC1. The van der Waals surface area contributed by atoms with Crippen molar-refractivity contribution in [2.75, 3.05) is 5.88 Å². The third-order valence-corrected chi connectivity index (χ3v) is 2.05. The molecule has 1 rings (SSSR count). The smallest absolute Gasteiger partial charge is 0.0258 e. The van der Waals surface area contributed by atoms with Crippen LogP contribution in [0.25, 0.3) is 0 Å². The van der Waals surface area contributed by atoms with Crippen molar-refractivity contribution in [3.8, 4) is 0 Å². The molecule has 0 amide bonds. The predicted molar refractivity (Wildman–Crippen MR) is 41.8 cm³/mol. The van der Waals surface area contributed by atoms with E-state index in [1.165, 1.54) is 19.3 Å². The van der Waals surface area contributed by atoms with Crippen LogP contribution >= 0.6 is 11.6 Å². The number of rotatable bonds is 3. The van der Waals surface area contributed by atoms with Gasteiger partial charge in [-0.2, -0.15) is 0 Å². The third-order valence-electron chi connectivity index (χ3n) is 1.83. The minimum Gasteiger partial charge on any atom is -0.126 e. The molecule has 0 saturated heterocycles. The second-order valence-electron chi connectivity index (χ2n) is 2.60. The summed E-state index contributed by atoms with van der Waals surface area (Å²) >= 11 is 5.49. The van der Waals surface area contributed by atoms with Crippen molar-refractivity contribution in [2.24, 2.45) is 5.92 Å². The van der Waals surface area contributed by atoms with Gasteiger partial charge in [-0.15, -0.1) is 11.6 Å². The summed E-state index contributed by atoms with van der Waals surface area (Å²) in [7, 11) is 0. The molecule has 1 aliphatic carbocycles. The summed E-state index contributed by atoms with van der Waals surface area (Å²) < 4.78 is 0. The Kier molecular flexibility index (Phi) is 3.13. The van der Waals surface area contributed by atoms with E-state index in [-0.39, 0.29) is 0 Å². The van der Waals surface area contributed by atoms with Gasteiger partial charge in [0.2, 0.25) is 0 Å². The van der Waals surface area contributed by atoms with Gasteiger partial charge >= 0.3 is 0 Å². The molecule has 0 N–H and O–H groups in total. The number of halogens is 1. The Morgan fingerprint density at radius 1 is 1.44 bits per heavy atom. The molecule has 0 unspecified atom stereocenters.